The van der Waals surface area contributed by atoms with Gasteiger partial charge in [0.1, 0.15) is 5.82 Å². The summed E-state index contributed by atoms with van der Waals surface area (Å²) in [6, 6.07) is 0. The number of aryl methyl sites for hydroxylation is 1. The van der Waals surface area contributed by atoms with Crippen LogP contribution in [0.5, 0.6) is 0 Å². The van der Waals surface area contributed by atoms with Crippen LogP contribution in [0, 0.1) is 24.2 Å². The van der Waals surface area contributed by atoms with Crippen molar-refractivity contribution in [3.63, 3.8) is 0 Å². The Balaban J connectivity index is 2.03. The largest absolute Gasteiger partial charge is 0.481 e. The summed E-state index contributed by atoms with van der Waals surface area (Å²) < 4.78 is 0. The number of carboxylic acid groups (broad SMARTS) is 1. The van der Waals surface area contributed by atoms with Gasteiger partial charge in [0.05, 0.1) is 18.4 Å². The number of nitrogens with one attached hydrogen (secondary N) is 1. The first-order valence-electron chi connectivity index (χ1n) is 6.10. The number of amides is 1. The van der Waals surface area contributed by atoms with E-state index in [9.17, 15) is 9.59 Å². The van der Waals surface area contributed by atoms with E-state index < -0.39 is 23.2 Å². The van der Waals surface area contributed by atoms with Crippen molar-refractivity contribution in [2.75, 3.05) is 7.05 Å². The maximum absolute atomic E-state index is 12.2. The number of carboxylic acids is 1. The zero-order valence-corrected chi connectivity index (χ0v) is 11.5. The lowest BCUT2D eigenvalue weighted by atomic mass is 10.1. The molecule has 1 fully saturated rings. The predicted molar refractivity (Wildman–Crippen MR) is 66.0 cm³/mol. The third-order valence-corrected chi connectivity index (χ3v) is 3.76. The Bertz CT molecular complexity index is 523. The van der Waals surface area contributed by atoms with Gasteiger partial charge < -0.3 is 10.0 Å². The average molecular weight is 266 g/mol. The maximum Gasteiger partial charge on any atom is 0.307 e. The minimum atomic E-state index is -0.912. The van der Waals surface area contributed by atoms with Gasteiger partial charge in [-0.15, -0.1) is 0 Å². The number of aromatic amines is 1. The summed E-state index contributed by atoms with van der Waals surface area (Å²) in [6.45, 7) is 5.67. The zero-order valence-electron chi connectivity index (χ0n) is 11.5. The van der Waals surface area contributed by atoms with Gasteiger partial charge in [-0.2, -0.15) is 5.10 Å². The van der Waals surface area contributed by atoms with Gasteiger partial charge in [-0.05, 0) is 12.3 Å². The number of H-pyrrole nitrogens is 1. The quantitative estimate of drug-likeness (QED) is 0.823. The molecule has 1 amide bonds. The van der Waals surface area contributed by atoms with E-state index in [2.05, 4.69) is 15.2 Å². The SMILES string of the molecule is Cc1nc(CN(C)C(=O)C2C(C(=O)O)C2(C)C)n[nH]1. The molecule has 1 aliphatic rings. The van der Waals surface area contributed by atoms with Crippen molar-refractivity contribution in [2.45, 2.75) is 27.3 Å². The van der Waals surface area contributed by atoms with Crippen molar-refractivity contribution in [1.82, 2.24) is 20.1 Å². The van der Waals surface area contributed by atoms with E-state index in [1.807, 2.05) is 0 Å². The molecule has 1 aromatic heterocycles. The fourth-order valence-corrected chi connectivity index (χ4v) is 2.55. The van der Waals surface area contributed by atoms with Crippen LogP contribution in [-0.2, 0) is 16.1 Å². The first-order chi connectivity index (χ1) is 8.75. The monoisotopic (exact) mass is 266 g/mol. The lowest BCUT2D eigenvalue weighted by molar-refractivity contribution is -0.141. The molecule has 0 aliphatic heterocycles. The normalized spacial score (nSPS) is 24.0. The van der Waals surface area contributed by atoms with Crippen molar-refractivity contribution in [3.8, 4) is 0 Å². The Labute approximate surface area is 111 Å². The van der Waals surface area contributed by atoms with Gasteiger partial charge in [0, 0.05) is 7.05 Å². The van der Waals surface area contributed by atoms with Crippen LogP contribution in [0.3, 0.4) is 0 Å². The summed E-state index contributed by atoms with van der Waals surface area (Å²) in [4.78, 5) is 28.9. The van der Waals surface area contributed by atoms with Crippen LogP contribution in [0.25, 0.3) is 0 Å². The number of rotatable bonds is 4. The van der Waals surface area contributed by atoms with E-state index in [0.29, 0.717) is 11.6 Å². The number of hydrogen-bond donors (Lipinski definition) is 2. The van der Waals surface area contributed by atoms with Crippen molar-refractivity contribution >= 4 is 11.9 Å². The molecule has 1 aliphatic carbocycles. The molecule has 7 nitrogen and oxygen atoms in total. The molecule has 1 heterocycles. The summed E-state index contributed by atoms with van der Waals surface area (Å²) in [7, 11) is 1.64. The Morgan fingerprint density at radius 3 is 2.47 bits per heavy atom. The summed E-state index contributed by atoms with van der Waals surface area (Å²) in [5, 5.41) is 15.8. The van der Waals surface area contributed by atoms with Gasteiger partial charge in [0.25, 0.3) is 0 Å². The lowest BCUT2D eigenvalue weighted by Crippen LogP contribution is -2.30. The average Bonchev–Trinajstić information content (AvgIpc) is 2.63. The maximum atomic E-state index is 12.2. The van der Waals surface area contributed by atoms with E-state index in [0.717, 1.165) is 0 Å². The fourth-order valence-electron chi connectivity index (χ4n) is 2.55. The molecule has 19 heavy (non-hydrogen) atoms. The minimum Gasteiger partial charge on any atom is -0.481 e. The first-order valence-corrected chi connectivity index (χ1v) is 6.10. The van der Waals surface area contributed by atoms with Gasteiger partial charge in [0.2, 0.25) is 5.91 Å². The highest BCUT2D eigenvalue weighted by Crippen LogP contribution is 2.58. The molecule has 7 heteroatoms. The Morgan fingerprint density at radius 1 is 1.42 bits per heavy atom. The molecule has 1 saturated carbocycles. The predicted octanol–water partition coefficient (Wildman–Crippen LogP) is 0.428. The minimum absolute atomic E-state index is 0.167. The summed E-state index contributed by atoms with van der Waals surface area (Å²) in [6.07, 6.45) is 0. The van der Waals surface area contributed by atoms with Crippen LogP contribution in [0.4, 0.5) is 0 Å². The molecule has 0 spiro atoms. The summed E-state index contributed by atoms with van der Waals surface area (Å²) >= 11 is 0. The molecule has 2 rings (SSSR count). The second kappa shape index (κ2) is 4.32. The molecule has 1 aromatic rings. The molecule has 2 N–H and O–H groups in total. The number of nitrogens with zero attached hydrogens (tertiary/aromatic N) is 3. The second-order valence-electron chi connectivity index (χ2n) is 5.65. The number of aliphatic carboxylic acids is 1. The van der Waals surface area contributed by atoms with Gasteiger partial charge in [-0.3, -0.25) is 14.7 Å². The van der Waals surface area contributed by atoms with Crippen LogP contribution in [0.15, 0.2) is 0 Å². The standard InChI is InChI=1S/C12H18N4O3/c1-6-13-7(15-14-6)5-16(4)10(17)8-9(11(18)19)12(8,2)3/h8-9H,5H2,1-4H3,(H,18,19)(H,13,14,15). The van der Waals surface area contributed by atoms with E-state index in [1.54, 1.807) is 27.8 Å². The topological polar surface area (TPSA) is 99.2 Å². The lowest BCUT2D eigenvalue weighted by Gasteiger charge is -2.15. The van der Waals surface area contributed by atoms with Crippen LogP contribution in [0.2, 0.25) is 0 Å². The Hall–Kier alpha value is -1.92. The number of hydrogen-bond acceptors (Lipinski definition) is 4. The van der Waals surface area contributed by atoms with Gasteiger partial charge in [-0.1, -0.05) is 13.8 Å². The zero-order chi connectivity index (χ0) is 14.4. The highest BCUT2D eigenvalue weighted by Gasteiger charge is 2.66. The van der Waals surface area contributed by atoms with E-state index >= 15 is 0 Å². The van der Waals surface area contributed by atoms with Crippen molar-refractivity contribution in [1.29, 1.82) is 0 Å². The smallest absolute Gasteiger partial charge is 0.307 e. The van der Waals surface area contributed by atoms with E-state index in [1.165, 1.54) is 4.90 Å². The van der Waals surface area contributed by atoms with Gasteiger partial charge in [0.15, 0.2) is 5.82 Å². The summed E-state index contributed by atoms with van der Waals surface area (Å²) in [5.74, 6) is -0.929. The third-order valence-electron chi connectivity index (χ3n) is 3.76. The van der Waals surface area contributed by atoms with Crippen molar-refractivity contribution in [2.24, 2.45) is 17.3 Å². The van der Waals surface area contributed by atoms with Crippen molar-refractivity contribution < 1.29 is 14.7 Å². The van der Waals surface area contributed by atoms with E-state index in [-0.39, 0.29) is 12.5 Å². The molecule has 0 bridgehead atoms. The third kappa shape index (κ3) is 2.32. The molecular weight excluding hydrogens is 248 g/mol. The highest BCUT2D eigenvalue weighted by molar-refractivity contribution is 5.91. The van der Waals surface area contributed by atoms with Gasteiger partial charge >= 0.3 is 5.97 Å². The Morgan fingerprint density at radius 2 is 2.05 bits per heavy atom. The van der Waals surface area contributed by atoms with Crippen LogP contribution in [0.1, 0.15) is 25.5 Å². The Kier molecular flexibility index (Phi) is 3.07. The van der Waals surface area contributed by atoms with Gasteiger partial charge in [-0.25, -0.2) is 4.98 Å². The molecule has 0 aromatic carbocycles. The highest BCUT2D eigenvalue weighted by atomic mass is 16.4. The molecule has 104 valence electrons. The van der Waals surface area contributed by atoms with Crippen LogP contribution in [-0.4, -0.2) is 44.1 Å². The summed E-state index contributed by atoms with van der Waals surface area (Å²) in [5.41, 5.74) is -0.480. The number of carbonyl (C=O) groups is 2. The molecule has 0 saturated heterocycles. The van der Waals surface area contributed by atoms with Crippen LogP contribution >= 0.6 is 0 Å². The molecule has 2 atom stereocenters. The van der Waals surface area contributed by atoms with Crippen molar-refractivity contribution in [3.05, 3.63) is 11.6 Å². The molecular formula is C12H18N4O3. The number of carbonyl (C=O) groups excluding carboxylic acids is 1. The van der Waals surface area contributed by atoms with Crippen LogP contribution < -0.4 is 0 Å². The number of aromatic nitrogens is 3. The molecule has 2 unspecified atom stereocenters. The fraction of sp³-hybridized carbons (Fsp3) is 0.667. The second-order valence-corrected chi connectivity index (χ2v) is 5.65. The molecule has 0 radical (unpaired) electrons. The van der Waals surface area contributed by atoms with E-state index in [4.69, 9.17) is 5.11 Å². The first kappa shape index (κ1) is 13.5.